The number of amides is 1. The molecule has 1 fully saturated rings. The zero-order valence-electron chi connectivity index (χ0n) is 18.2. The van der Waals surface area contributed by atoms with Gasteiger partial charge in [-0.3, -0.25) is 5.10 Å². The van der Waals surface area contributed by atoms with Crippen LogP contribution in [0.2, 0.25) is 0 Å². The van der Waals surface area contributed by atoms with E-state index in [2.05, 4.69) is 30.9 Å². The van der Waals surface area contributed by atoms with Crippen molar-refractivity contribution in [2.24, 2.45) is 0 Å². The first-order chi connectivity index (χ1) is 14.7. The molecule has 4 rings (SSSR count). The van der Waals surface area contributed by atoms with Gasteiger partial charge in [0.15, 0.2) is 11.6 Å². The largest absolute Gasteiger partial charge is 0.446 e. The number of ether oxygens (including phenoxy) is 1. The van der Waals surface area contributed by atoms with Crippen LogP contribution >= 0.6 is 0 Å². The molecule has 3 atom stereocenters. The molecule has 1 amide bonds. The average molecular weight is 428 g/mol. The van der Waals surface area contributed by atoms with Gasteiger partial charge in [0.05, 0.1) is 11.8 Å². The molecule has 0 spiro atoms. The monoisotopic (exact) mass is 427 g/mol. The molecule has 0 saturated heterocycles. The number of nitrogens with one attached hydrogen (secondary N) is 3. The molecule has 0 aromatic carbocycles. The van der Waals surface area contributed by atoms with Crippen LogP contribution < -0.4 is 10.6 Å². The first-order valence-electron chi connectivity index (χ1n) is 10.5. The molecule has 166 valence electrons. The molecule has 3 aromatic rings. The molecular formula is C21H29N7O3. The van der Waals surface area contributed by atoms with Crippen molar-refractivity contribution < 1.29 is 14.6 Å². The zero-order valence-corrected chi connectivity index (χ0v) is 18.2. The van der Waals surface area contributed by atoms with Gasteiger partial charge in [0, 0.05) is 35.6 Å². The topological polar surface area (TPSA) is 129 Å². The Bertz CT molecular complexity index is 1070. The summed E-state index contributed by atoms with van der Waals surface area (Å²) in [5.74, 6) is 1.49. The third-order valence-electron chi connectivity index (χ3n) is 5.26. The number of hydrogen-bond acceptors (Lipinski definition) is 7. The quantitative estimate of drug-likeness (QED) is 0.491. The van der Waals surface area contributed by atoms with E-state index < -0.39 is 6.10 Å². The zero-order chi connectivity index (χ0) is 22.2. The molecule has 0 radical (unpaired) electrons. The van der Waals surface area contributed by atoms with Crippen LogP contribution in [-0.4, -0.2) is 47.6 Å². The number of aliphatic hydroxyl groups excluding tert-OH is 1. The number of carbonyl (C=O) groups is 1. The van der Waals surface area contributed by atoms with E-state index in [0.29, 0.717) is 17.3 Å². The second-order valence-electron chi connectivity index (χ2n) is 9.10. The van der Waals surface area contributed by atoms with Gasteiger partial charge in [0.2, 0.25) is 0 Å². The summed E-state index contributed by atoms with van der Waals surface area (Å²) < 4.78 is 7.24. The summed E-state index contributed by atoms with van der Waals surface area (Å²) in [6.07, 6.45) is 4.74. The minimum absolute atomic E-state index is 0.104. The predicted octanol–water partition coefficient (Wildman–Crippen LogP) is 3.41. The van der Waals surface area contributed by atoms with Gasteiger partial charge in [-0.2, -0.15) is 10.2 Å². The molecule has 3 aromatic heterocycles. The summed E-state index contributed by atoms with van der Waals surface area (Å²) in [6.45, 7) is 7.45. The van der Waals surface area contributed by atoms with E-state index in [-0.39, 0.29) is 23.7 Å². The van der Waals surface area contributed by atoms with Crippen LogP contribution in [0.3, 0.4) is 0 Å². The maximum Gasteiger partial charge on any atom is 0.407 e. The first-order valence-corrected chi connectivity index (χ1v) is 10.5. The fourth-order valence-electron chi connectivity index (χ4n) is 3.79. The van der Waals surface area contributed by atoms with Gasteiger partial charge in [0.1, 0.15) is 11.6 Å². The summed E-state index contributed by atoms with van der Waals surface area (Å²) in [4.78, 5) is 16.4. The maximum atomic E-state index is 12.0. The summed E-state index contributed by atoms with van der Waals surface area (Å²) in [7, 11) is 0. The Kier molecular flexibility index (Phi) is 5.57. The Balaban J connectivity index is 1.40. The van der Waals surface area contributed by atoms with Gasteiger partial charge in [-0.1, -0.05) is 0 Å². The number of carbonyl (C=O) groups excluding carboxylic acids is 1. The van der Waals surface area contributed by atoms with Gasteiger partial charge in [0.25, 0.3) is 0 Å². The van der Waals surface area contributed by atoms with Crippen molar-refractivity contribution in [3.8, 4) is 0 Å². The molecular weight excluding hydrogens is 398 g/mol. The number of rotatable bonds is 5. The summed E-state index contributed by atoms with van der Waals surface area (Å²) in [5, 5.41) is 27.7. The summed E-state index contributed by atoms with van der Waals surface area (Å²) >= 11 is 0. The minimum Gasteiger partial charge on any atom is -0.446 e. The lowest BCUT2D eigenvalue weighted by Crippen LogP contribution is -2.42. The lowest BCUT2D eigenvalue weighted by molar-refractivity contribution is 0.0936. The molecule has 3 heterocycles. The maximum absolute atomic E-state index is 12.0. The molecule has 4 N–H and O–H groups in total. The van der Waals surface area contributed by atoms with E-state index in [4.69, 9.17) is 4.74 Å². The highest BCUT2D eigenvalue weighted by Crippen LogP contribution is 2.36. The van der Waals surface area contributed by atoms with E-state index in [1.807, 2.05) is 26.8 Å². The Morgan fingerprint density at radius 3 is 2.90 bits per heavy atom. The number of hydrogen-bond donors (Lipinski definition) is 4. The highest BCUT2D eigenvalue weighted by atomic mass is 16.6. The van der Waals surface area contributed by atoms with E-state index in [0.717, 1.165) is 30.5 Å². The second-order valence-corrected chi connectivity index (χ2v) is 9.10. The van der Waals surface area contributed by atoms with Crippen LogP contribution in [0.25, 0.3) is 5.52 Å². The first kappa shape index (κ1) is 21.1. The van der Waals surface area contributed by atoms with Gasteiger partial charge in [-0.15, -0.1) is 0 Å². The fraction of sp³-hybridized carbons (Fsp3) is 0.524. The fourth-order valence-corrected chi connectivity index (χ4v) is 3.79. The van der Waals surface area contributed by atoms with Gasteiger partial charge >= 0.3 is 6.09 Å². The van der Waals surface area contributed by atoms with E-state index in [1.165, 1.54) is 0 Å². The number of anilines is 2. The van der Waals surface area contributed by atoms with Crippen LogP contribution in [0.5, 0.6) is 0 Å². The number of nitrogens with zero attached hydrogens (tertiary/aromatic N) is 4. The predicted molar refractivity (Wildman–Crippen MR) is 115 cm³/mol. The molecule has 1 unspecified atom stereocenters. The van der Waals surface area contributed by atoms with Crippen LogP contribution in [0.1, 0.15) is 70.4 Å². The standard InChI is InChI=1S/C21H29N7O3/c1-12(29)15-10-17-19(22-7-8-28(17)27-15)23-18-11-16(25-26-18)13-5-6-14(9-13)31-20(30)24-21(2,3)4/h7-8,10-14,29H,5-6,9H2,1-4H3,(H,24,30)(H2,22,23,25,26)/t12?,13-,14+/m0/s1. The van der Waals surface area contributed by atoms with Gasteiger partial charge < -0.3 is 20.5 Å². The van der Waals surface area contributed by atoms with E-state index >= 15 is 0 Å². The van der Waals surface area contributed by atoms with Crippen molar-refractivity contribution >= 4 is 23.2 Å². The third-order valence-corrected chi connectivity index (χ3v) is 5.26. The van der Waals surface area contributed by atoms with Crippen molar-refractivity contribution in [3.05, 3.63) is 35.9 Å². The van der Waals surface area contributed by atoms with Crippen molar-refractivity contribution in [2.75, 3.05) is 5.32 Å². The van der Waals surface area contributed by atoms with Crippen molar-refractivity contribution in [1.82, 2.24) is 30.1 Å². The average Bonchev–Trinajstić information content (AvgIpc) is 3.39. The van der Waals surface area contributed by atoms with E-state index in [1.54, 1.807) is 29.9 Å². The number of aromatic nitrogens is 5. The molecule has 0 bridgehead atoms. The highest BCUT2D eigenvalue weighted by Gasteiger charge is 2.30. The van der Waals surface area contributed by atoms with Gasteiger partial charge in [-0.25, -0.2) is 14.3 Å². The minimum atomic E-state index is -0.659. The van der Waals surface area contributed by atoms with Crippen LogP contribution in [0.15, 0.2) is 24.5 Å². The number of H-pyrrole nitrogens is 1. The third kappa shape index (κ3) is 4.96. The Morgan fingerprint density at radius 1 is 1.35 bits per heavy atom. The summed E-state index contributed by atoms with van der Waals surface area (Å²) in [5.41, 5.74) is 2.00. The van der Waals surface area contributed by atoms with Crippen LogP contribution in [-0.2, 0) is 4.74 Å². The Morgan fingerprint density at radius 2 is 2.16 bits per heavy atom. The molecule has 31 heavy (non-hydrogen) atoms. The Labute approximate surface area is 180 Å². The van der Waals surface area contributed by atoms with Crippen molar-refractivity contribution in [2.45, 2.75) is 70.6 Å². The number of fused-ring (bicyclic) bond motifs is 1. The van der Waals surface area contributed by atoms with Crippen molar-refractivity contribution in [1.29, 1.82) is 0 Å². The van der Waals surface area contributed by atoms with Crippen LogP contribution in [0.4, 0.5) is 16.4 Å². The number of aliphatic hydroxyl groups is 1. The van der Waals surface area contributed by atoms with Gasteiger partial charge in [-0.05, 0) is 53.0 Å². The SMILES string of the molecule is CC(O)c1cc2c(Nc3cc([C@H]4CC[C@@H](OC(=O)NC(C)(C)C)C4)[nH]n3)nccn2n1. The lowest BCUT2D eigenvalue weighted by atomic mass is 10.0. The molecule has 1 saturated carbocycles. The number of aromatic amines is 1. The molecule has 10 heteroatoms. The molecule has 1 aliphatic carbocycles. The van der Waals surface area contributed by atoms with Crippen LogP contribution in [0, 0.1) is 0 Å². The molecule has 10 nitrogen and oxygen atoms in total. The molecule has 0 aliphatic heterocycles. The second kappa shape index (κ2) is 8.18. The summed E-state index contributed by atoms with van der Waals surface area (Å²) in [6, 6.07) is 3.76. The van der Waals surface area contributed by atoms with E-state index in [9.17, 15) is 9.90 Å². The smallest absolute Gasteiger partial charge is 0.407 e. The number of alkyl carbamates (subject to hydrolysis) is 1. The lowest BCUT2D eigenvalue weighted by Gasteiger charge is -2.22. The van der Waals surface area contributed by atoms with Crippen molar-refractivity contribution in [3.63, 3.8) is 0 Å². The Hall–Kier alpha value is -3.14. The normalized spacial score (nSPS) is 20.0. The molecule has 1 aliphatic rings. The highest BCUT2D eigenvalue weighted by molar-refractivity contribution is 5.72.